The number of para-hydroxylation sites is 2. The molecule has 2 aliphatic rings. The number of hydrogen-bond donors (Lipinski definition) is 2. The summed E-state index contributed by atoms with van der Waals surface area (Å²) in [7, 11) is 5.67. The van der Waals surface area contributed by atoms with Crippen molar-refractivity contribution in [2.24, 2.45) is 7.05 Å². The number of nitrogens with one attached hydrogen (secondary N) is 2. The van der Waals surface area contributed by atoms with Gasteiger partial charge in [0, 0.05) is 45.4 Å². The van der Waals surface area contributed by atoms with E-state index in [0.29, 0.717) is 30.2 Å². The number of carbonyl (C=O) groups is 2. The Hall–Kier alpha value is -4.05. The fourth-order valence-corrected chi connectivity index (χ4v) is 5.18. The molecule has 0 atom stereocenters. The molecule has 197 valence electrons. The fraction of sp³-hybridized carbons (Fsp3) is 0.321. The van der Waals surface area contributed by atoms with Gasteiger partial charge in [-0.05, 0) is 55.2 Å². The van der Waals surface area contributed by atoms with Gasteiger partial charge in [0.2, 0.25) is 0 Å². The molecule has 0 unspecified atom stereocenters. The Morgan fingerprint density at radius 1 is 1.16 bits per heavy atom. The molecular formula is C28H32N7O2S. The van der Waals surface area contributed by atoms with Crippen molar-refractivity contribution in [1.82, 2.24) is 24.9 Å². The number of amides is 3. The van der Waals surface area contributed by atoms with E-state index in [-0.39, 0.29) is 11.9 Å². The van der Waals surface area contributed by atoms with Gasteiger partial charge in [-0.25, -0.2) is 4.79 Å². The first-order chi connectivity index (χ1) is 18.2. The van der Waals surface area contributed by atoms with Crippen LogP contribution in [-0.4, -0.2) is 52.2 Å². The quantitative estimate of drug-likeness (QED) is 0.503. The van der Waals surface area contributed by atoms with Gasteiger partial charge in [-0.2, -0.15) is 5.10 Å². The summed E-state index contributed by atoms with van der Waals surface area (Å²) in [6.45, 7) is 3.40. The van der Waals surface area contributed by atoms with E-state index in [1.165, 1.54) is 0 Å². The van der Waals surface area contributed by atoms with Crippen LogP contribution in [0.2, 0.25) is 0 Å². The Morgan fingerprint density at radius 2 is 1.95 bits per heavy atom. The van der Waals surface area contributed by atoms with Crippen LogP contribution in [0.25, 0.3) is 0 Å². The van der Waals surface area contributed by atoms with Gasteiger partial charge in [-0.3, -0.25) is 14.4 Å². The first kappa shape index (κ1) is 25.6. The summed E-state index contributed by atoms with van der Waals surface area (Å²) in [6.07, 6.45) is 3.50. The molecule has 5 rings (SSSR count). The highest BCUT2D eigenvalue weighted by Gasteiger charge is 2.28. The van der Waals surface area contributed by atoms with Gasteiger partial charge in [0.25, 0.3) is 5.91 Å². The molecule has 1 aromatic heterocycles. The molecule has 2 aliphatic heterocycles. The van der Waals surface area contributed by atoms with E-state index in [0.717, 1.165) is 52.4 Å². The molecule has 2 aromatic carbocycles. The number of aromatic nitrogens is 2. The van der Waals surface area contributed by atoms with Crippen molar-refractivity contribution >= 4 is 41.8 Å². The minimum Gasteiger partial charge on any atom is -0.367 e. The maximum Gasteiger partial charge on any atom is 0.321 e. The highest BCUT2D eigenvalue weighted by atomic mass is 32.1. The second kappa shape index (κ2) is 10.4. The second-order valence-corrected chi connectivity index (χ2v) is 10.3. The van der Waals surface area contributed by atoms with Crippen molar-refractivity contribution in [2.75, 3.05) is 30.9 Å². The van der Waals surface area contributed by atoms with Crippen LogP contribution in [0.15, 0.2) is 59.4 Å². The predicted octanol–water partition coefficient (Wildman–Crippen LogP) is 4.87. The Labute approximate surface area is 228 Å². The molecular weight excluding hydrogens is 498 g/mol. The first-order valence-corrected chi connectivity index (χ1v) is 13.1. The lowest BCUT2D eigenvalue weighted by atomic mass is 10.0. The summed E-state index contributed by atoms with van der Waals surface area (Å²) in [5.41, 5.74) is 5.99. The van der Waals surface area contributed by atoms with Crippen LogP contribution < -0.4 is 15.5 Å². The van der Waals surface area contributed by atoms with E-state index < -0.39 is 0 Å². The van der Waals surface area contributed by atoms with Crippen LogP contribution in [0.3, 0.4) is 0 Å². The van der Waals surface area contributed by atoms with Crippen molar-refractivity contribution in [3.8, 4) is 0 Å². The highest BCUT2D eigenvalue weighted by molar-refractivity contribution is 7.84. The molecule has 1 radical (unpaired) electrons. The average molecular weight is 531 g/mol. The van der Waals surface area contributed by atoms with Crippen molar-refractivity contribution in [3.05, 3.63) is 81.6 Å². The van der Waals surface area contributed by atoms with Crippen molar-refractivity contribution in [3.63, 3.8) is 0 Å². The summed E-state index contributed by atoms with van der Waals surface area (Å²) in [5.74, 6) is 0.780. The summed E-state index contributed by atoms with van der Waals surface area (Å²) >= 11 is 5.50. The molecule has 2 N–H and O–H groups in total. The van der Waals surface area contributed by atoms with Crippen LogP contribution in [0, 0.1) is 6.92 Å². The number of likely N-dealkylation sites (tertiary alicyclic amines) is 1. The van der Waals surface area contributed by atoms with E-state index in [1.54, 1.807) is 20.7 Å². The molecule has 1 fully saturated rings. The van der Waals surface area contributed by atoms with Crippen LogP contribution in [0.5, 0.6) is 0 Å². The molecule has 9 nitrogen and oxygen atoms in total. The number of anilines is 3. The average Bonchev–Trinajstić information content (AvgIpc) is 3.49. The predicted molar refractivity (Wildman–Crippen MR) is 151 cm³/mol. The van der Waals surface area contributed by atoms with Crippen LogP contribution in [-0.2, 0) is 20.1 Å². The number of aryl methyl sites for hydroxylation is 2. The monoisotopic (exact) mass is 530 g/mol. The van der Waals surface area contributed by atoms with E-state index in [2.05, 4.69) is 15.7 Å². The zero-order valence-electron chi connectivity index (χ0n) is 22.1. The SMILES string of the molecule is Cc1cc(C(=O)N2Cc3cnn(C)c3Nc3ccccc32)ccc1CNC(=O)N1CCCC1=C([S])N(C)C. The lowest BCUT2D eigenvalue weighted by Gasteiger charge is -2.24. The Kier molecular flexibility index (Phi) is 6.98. The Morgan fingerprint density at radius 3 is 2.71 bits per heavy atom. The number of fused-ring (bicyclic) bond motifs is 2. The second-order valence-electron chi connectivity index (χ2n) is 9.88. The number of nitrogens with zero attached hydrogens (tertiary/aromatic N) is 5. The molecule has 10 heteroatoms. The standard InChI is InChI=1S/C28H32N7O2S/c1-18-14-19(11-12-20(18)15-29-28(37)34-13-7-10-24(34)27(38)32(2)3)26(36)35-17-21-16-30-33(4)25(21)31-22-8-5-6-9-23(22)35/h5-6,8-9,11-12,14,16,31H,7,10,13,15,17H2,1-4H3,(H,29,37). The molecule has 3 heterocycles. The Balaban J connectivity index is 1.33. The van der Waals surface area contributed by atoms with Crippen molar-refractivity contribution in [1.29, 1.82) is 0 Å². The third-order valence-corrected chi connectivity index (χ3v) is 7.68. The molecule has 3 aromatic rings. The number of carbonyl (C=O) groups excluding carboxylic acids is 2. The highest BCUT2D eigenvalue weighted by Crippen LogP contribution is 2.36. The number of benzene rings is 2. The third-order valence-electron chi connectivity index (χ3n) is 7.08. The molecule has 1 saturated heterocycles. The smallest absolute Gasteiger partial charge is 0.321 e. The van der Waals surface area contributed by atoms with Gasteiger partial charge in [0.1, 0.15) is 10.8 Å². The topological polar surface area (TPSA) is 85.7 Å². The lowest BCUT2D eigenvalue weighted by molar-refractivity contribution is 0.0985. The number of allylic oxidation sites excluding steroid dienone is 1. The number of hydrogen-bond acceptors (Lipinski definition) is 5. The summed E-state index contributed by atoms with van der Waals surface area (Å²) in [4.78, 5) is 32.1. The van der Waals surface area contributed by atoms with Gasteiger partial charge in [-0.1, -0.05) is 30.8 Å². The van der Waals surface area contributed by atoms with Crippen molar-refractivity contribution < 1.29 is 9.59 Å². The summed E-state index contributed by atoms with van der Waals surface area (Å²) in [5, 5.41) is 11.5. The molecule has 0 saturated carbocycles. The molecule has 38 heavy (non-hydrogen) atoms. The zero-order valence-corrected chi connectivity index (χ0v) is 22.9. The van der Waals surface area contributed by atoms with E-state index in [4.69, 9.17) is 12.6 Å². The Bertz CT molecular complexity index is 1430. The molecule has 0 spiro atoms. The van der Waals surface area contributed by atoms with Crippen LogP contribution >= 0.6 is 12.6 Å². The van der Waals surface area contributed by atoms with Gasteiger partial charge in [0.15, 0.2) is 0 Å². The van der Waals surface area contributed by atoms with Crippen molar-refractivity contribution in [2.45, 2.75) is 32.9 Å². The van der Waals surface area contributed by atoms with E-state index >= 15 is 0 Å². The summed E-state index contributed by atoms with van der Waals surface area (Å²) in [6, 6.07) is 13.3. The number of urea groups is 1. The molecule has 0 aliphatic carbocycles. The van der Waals surface area contributed by atoms with E-state index in [9.17, 15) is 9.59 Å². The van der Waals surface area contributed by atoms with E-state index in [1.807, 2.05) is 75.4 Å². The van der Waals surface area contributed by atoms with Gasteiger partial charge < -0.3 is 20.4 Å². The van der Waals surface area contributed by atoms with Gasteiger partial charge in [0.05, 0.1) is 29.8 Å². The molecule has 3 amide bonds. The van der Waals surface area contributed by atoms with Gasteiger partial charge in [-0.15, -0.1) is 0 Å². The minimum absolute atomic E-state index is 0.0943. The normalized spacial score (nSPS) is 15.8. The third kappa shape index (κ3) is 4.79. The first-order valence-electron chi connectivity index (χ1n) is 12.7. The number of rotatable bonds is 4. The van der Waals surface area contributed by atoms with Crippen LogP contribution in [0.4, 0.5) is 22.0 Å². The maximum atomic E-state index is 13.8. The zero-order chi connectivity index (χ0) is 27.0. The minimum atomic E-state index is -0.151. The van der Waals surface area contributed by atoms with Gasteiger partial charge >= 0.3 is 6.03 Å². The molecule has 0 bridgehead atoms. The largest absolute Gasteiger partial charge is 0.367 e. The lowest BCUT2D eigenvalue weighted by Crippen LogP contribution is -2.37. The summed E-state index contributed by atoms with van der Waals surface area (Å²) < 4.78 is 1.78. The fourth-order valence-electron chi connectivity index (χ4n) is 4.97. The van der Waals surface area contributed by atoms with Crippen LogP contribution in [0.1, 0.15) is 39.9 Å². The maximum absolute atomic E-state index is 13.8.